The van der Waals surface area contributed by atoms with Crippen LogP contribution >= 0.6 is 0 Å². The van der Waals surface area contributed by atoms with Crippen LogP contribution in [0.3, 0.4) is 0 Å². The molecule has 0 spiro atoms. The number of aryl methyl sites for hydroxylation is 1. The predicted molar refractivity (Wildman–Crippen MR) is 106 cm³/mol. The van der Waals surface area contributed by atoms with E-state index in [4.69, 9.17) is 0 Å². The van der Waals surface area contributed by atoms with Crippen LogP contribution in [0, 0.1) is 0 Å². The average Bonchev–Trinajstić information content (AvgIpc) is 3.18. The summed E-state index contributed by atoms with van der Waals surface area (Å²) in [5.41, 5.74) is 1.78. The van der Waals surface area contributed by atoms with Crippen molar-refractivity contribution in [2.75, 3.05) is 18.4 Å². The fraction of sp³-hybridized carbons (Fsp3) is 0.381. The van der Waals surface area contributed by atoms with E-state index in [1.807, 2.05) is 24.3 Å². The molecule has 0 atom stereocenters. The number of unbranched alkanes of at least 4 members (excludes halogenated alkanes) is 3. The number of anilines is 1. The van der Waals surface area contributed by atoms with E-state index in [9.17, 15) is 9.59 Å². The standard InChI is InChI=1S/C21H27N3O3/c1-3-5-6-7-8-17-9-11-18(12-10-17)21(26)24(14-4-2)16-20(25)22-19-13-15-27-23-19/h4,9-13,15H,2-3,5-8,14,16H2,1H3,(H,22,23,25). The van der Waals surface area contributed by atoms with Crippen LogP contribution in [-0.2, 0) is 11.2 Å². The summed E-state index contributed by atoms with van der Waals surface area (Å²) >= 11 is 0. The molecule has 2 aromatic rings. The van der Waals surface area contributed by atoms with E-state index in [2.05, 4.69) is 28.5 Å². The molecular formula is C21H27N3O3. The predicted octanol–water partition coefficient (Wildman–Crippen LogP) is 4.06. The van der Waals surface area contributed by atoms with Gasteiger partial charge in [0.05, 0.1) is 0 Å². The topological polar surface area (TPSA) is 75.4 Å². The number of carbonyl (C=O) groups is 2. The monoisotopic (exact) mass is 369 g/mol. The van der Waals surface area contributed by atoms with E-state index in [1.165, 1.54) is 42.1 Å². The molecule has 6 heteroatoms. The molecule has 0 radical (unpaired) electrons. The summed E-state index contributed by atoms with van der Waals surface area (Å²) in [6.45, 7) is 6.06. The Morgan fingerprint density at radius 3 is 2.59 bits per heavy atom. The minimum Gasteiger partial charge on any atom is -0.363 e. The highest BCUT2D eigenvalue weighted by Crippen LogP contribution is 2.12. The zero-order valence-corrected chi connectivity index (χ0v) is 15.8. The van der Waals surface area contributed by atoms with Gasteiger partial charge in [0.25, 0.3) is 5.91 Å². The van der Waals surface area contributed by atoms with Gasteiger partial charge in [-0.3, -0.25) is 9.59 Å². The first kappa shape index (κ1) is 20.4. The lowest BCUT2D eigenvalue weighted by atomic mass is 10.0. The molecule has 2 amide bonds. The van der Waals surface area contributed by atoms with Gasteiger partial charge >= 0.3 is 0 Å². The summed E-state index contributed by atoms with van der Waals surface area (Å²) in [4.78, 5) is 26.3. The van der Waals surface area contributed by atoms with Gasteiger partial charge in [-0.05, 0) is 30.5 Å². The third kappa shape index (κ3) is 6.73. The zero-order chi connectivity index (χ0) is 19.5. The van der Waals surface area contributed by atoms with Crippen LogP contribution in [0.5, 0.6) is 0 Å². The minimum atomic E-state index is -0.341. The molecular weight excluding hydrogens is 342 g/mol. The quantitative estimate of drug-likeness (QED) is 0.479. The number of hydrogen-bond donors (Lipinski definition) is 1. The highest BCUT2D eigenvalue weighted by molar-refractivity contribution is 5.99. The van der Waals surface area contributed by atoms with Crippen molar-refractivity contribution in [1.82, 2.24) is 10.1 Å². The third-order valence-electron chi connectivity index (χ3n) is 4.20. The lowest BCUT2D eigenvalue weighted by molar-refractivity contribution is -0.116. The van der Waals surface area contributed by atoms with E-state index >= 15 is 0 Å². The van der Waals surface area contributed by atoms with Gasteiger partial charge in [0.1, 0.15) is 12.8 Å². The number of nitrogens with zero attached hydrogens (tertiary/aromatic N) is 2. The van der Waals surface area contributed by atoms with Crippen LogP contribution < -0.4 is 5.32 Å². The molecule has 144 valence electrons. The normalized spacial score (nSPS) is 10.4. The number of amides is 2. The SMILES string of the molecule is C=CCN(CC(=O)Nc1ccon1)C(=O)c1ccc(CCCCCC)cc1. The van der Waals surface area contributed by atoms with Crippen molar-refractivity contribution in [1.29, 1.82) is 0 Å². The van der Waals surface area contributed by atoms with Crippen LogP contribution in [0.2, 0.25) is 0 Å². The highest BCUT2D eigenvalue weighted by atomic mass is 16.5. The van der Waals surface area contributed by atoms with Crippen LogP contribution in [-0.4, -0.2) is 35.0 Å². The molecule has 2 rings (SSSR count). The fourth-order valence-electron chi connectivity index (χ4n) is 2.76. The summed E-state index contributed by atoms with van der Waals surface area (Å²) in [7, 11) is 0. The molecule has 0 aliphatic rings. The maximum atomic E-state index is 12.7. The Labute approximate surface area is 160 Å². The van der Waals surface area contributed by atoms with Gasteiger partial charge in [0.15, 0.2) is 5.82 Å². The number of hydrogen-bond acceptors (Lipinski definition) is 4. The lowest BCUT2D eigenvalue weighted by Crippen LogP contribution is -2.38. The van der Waals surface area contributed by atoms with Crippen LogP contribution in [0.4, 0.5) is 5.82 Å². The Bertz CT molecular complexity index is 724. The molecule has 6 nitrogen and oxygen atoms in total. The molecule has 27 heavy (non-hydrogen) atoms. The Balaban J connectivity index is 1.94. The Kier molecular flexibility index (Phi) is 8.29. The number of carbonyl (C=O) groups excluding carboxylic acids is 2. The van der Waals surface area contributed by atoms with E-state index in [1.54, 1.807) is 6.08 Å². The lowest BCUT2D eigenvalue weighted by Gasteiger charge is -2.20. The van der Waals surface area contributed by atoms with Gasteiger partial charge < -0.3 is 14.7 Å². The van der Waals surface area contributed by atoms with Crippen molar-refractivity contribution >= 4 is 17.6 Å². The number of rotatable bonds is 11. The van der Waals surface area contributed by atoms with E-state index in [0.717, 1.165) is 12.8 Å². The molecule has 1 aromatic carbocycles. The van der Waals surface area contributed by atoms with Gasteiger partial charge in [0.2, 0.25) is 5.91 Å². The third-order valence-corrected chi connectivity index (χ3v) is 4.20. The van der Waals surface area contributed by atoms with E-state index < -0.39 is 0 Å². The van der Waals surface area contributed by atoms with E-state index in [0.29, 0.717) is 11.4 Å². The molecule has 0 unspecified atom stereocenters. The first-order valence-corrected chi connectivity index (χ1v) is 9.33. The summed E-state index contributed by atoms with van der Waals surface area (Å²) in [6.07, 6.45) is 8.84. The van der Waals surface area contributed by atoms with Crippen molar-refractivity contribution in [2.24, 2.45) is 0 Å². The minimum absolute atomic E-state index is 0.0868. The molecule has 1 N–H and O–H groups in total. The second kappa shape index (κ2) is 11.0. The van der Waals surface area contributed by atoms with Crippen molar-refractivity contribution in [3.63, 3.8) is 0 Å². The summed E-state index contributed by atoms with van der Waals surface area (Å²) < 4.78 is 4.68. The first-order valence-electron chi connectivity index (χ1n) is 9.33. The zero-order valence-electron chi connectivity index (χ0n) is 15.8. The average molecular weight is 369 g/mol. The van der Waals surface area contributed by atoms with Gasteiger partial charge in [-0.15, -0.1) is 6.58 Å². The fourth-order valence-corrected chi connectivity index (χ4v) is 2.76. The van der Waals surface area contributed by atoms with Crippen molar-refractivity contribution in [3.8, 4) is 0 Å². The molecule has 1 heterocycles. The Morgan fingerprint density at radius 1 is 1.19 bits per heavy atom. The summed E-state index contributed by atoms with van der Waals surface area (Å²) in [6, 6.07) is 9.16. The summed E-state index contributed by atoms with van der Waals surface area (Å²) in [5, 5.41) is 6.22. The second-order valence-corrected chi connectivity index (χ2v) is 6.41. The molecule has 0 saturated heterocycles. The molecule has 1 aromatic heterocycles. The number of nitrogens with one attached hydrogen (secondary N) is 1. The van der Waals surface area contributed by atoms with Crippen molar-refractivity contribution in [2.45, 2.75) is 39.0 Å². The number of aromatic nitrogens is 1. The van der Waals surface area contributed by atoms with E-state index in [-0.39, 0.29) is 24.9 Å². The van der Waals surface area contributed by atoms with Gasteiger partial charge in [-0.1, -0.05) is 49.6 Å². The Morgan fingerprint density at radius 2 is 1.96 bits per heavy atom. The second-order valence-electron chi connectivity index (χ2n) is 6.41. The van der Waals surface area contributed by atoms with Gasteiger partial charge in [0, 0.05) is 18.2 Å². The van der Waals surface area contributed by atoms with Crippen molar-refractivity contribution in [3.05, 3.63) is 60.4 Å². The highest BCUT2D eigenvalue weighted by Gasteiger charge is 2.18. The largest absolute Gasteiger partial charge is 0.363 e. The van der Waals surface area contributed by atoms with Crippen LogP contribution in [0.15, 0.2) is 53.8 Å². The first-order chi connectivity index (χ1) is 13.1. The smallest absolute Gasteiger partial charge is 0.254 e. The van der Waals surface area contributed by atoms with Gasteiger partial charge in [-0.2, -0.15) is 0 Å². The molecule has 0 bridgehead atoms. The van der Waals surface area contributed by atoms with Crippen molar-refractivity contribution < 1.29 is 14.1 Å². The maximum absolute atomic E-state index is 12.7. The molecule has 0 aliphatic heterocycles. The van der Waals surface area contributed by atoms with Crippen LogP contribution in [0.1, 0.15) is 48.5 Å². The molecule has 0 fully saturated rings. The Hall–Kier alpha value is -2.89. The maximum Gasteiger partial charge on any atom is 0.254 e. The number of benzene rings is 1. The molecule has 0 aliphatic carbocycles. The molecule has 0 saturated carbocycles. The van der Waals surface area contributed by atoms with Crippen LogP contribution in [0.25, 0.3) is 0 Å². The van der Waals surface area contributed by atoms with Gasteiger partial charge in [-0.25, -0.2) is 0 Å². The summed E-state index contributed by atoms with van der Waals surface area (Å²) in [5.74, 6) is -0.229.